The van der Waals surface area contributed by atoms with Crippen molar-refractivity contribution in [1.82, 2.24) is 5.32 Å². The second-order valence-electron chi connectivity index (χ2n) is 4.41. The van der Waals surface area contributed by atoms with E-state index in [0.29, 0.717) is 11.8 Å². The monoisotopic (exact) mass is 184 g/mol. The van der Waals surface area contributed by atoms with Crippen molar-refractivity contribution in [3.63, 3.8) is 0 Å². The van der Waals surface area contributed by atoms with Gasteiger partial charge >= 0.3 is 0 Å². The molecule has 0 atom stereocenters. The van der Waals surface area contributed by atoms with E-state index in [1.54, 1.807) is 0 Å². The van der Waals surface area contributed by atoms with Crippen LogP contribution in [0.4, 0.5) is 0 Å². The van der Waals surface area contributed by atoms with Gasteiger partial charge in [0.15, 0.2) is 0 Å². The van der Waals surface area contributed by atoms with Crippen LogP contribution in [-0.2, 0) is 4.79 Å². The Kier molecular flexibility index (Phi) is 3.31. The Morgan fingerprint density at radius 3 is 2.54 bits per heavy atom. The van der Waals surface area contributed by atoms with Crippen LogP contribution >= 0.6 is 0 Å². The lowest BCUT2D eigenvalue weighted by Gasteiger charge is -2.19. The lowest BCUT2D eigenvalue weighted by atomic mass is 9.92. The first-order valence-corrected chi connectivity index (χ1v) is 5.06. The fraction of sp³-hybridized carbons (Fsp3) is 0.900. The predicted octanol–water partition coefficient (Wildman–Crippen LogP) is 0.888. The Morgan fingerprint density at radius 1 is 1.54 bits per heavy atom. The third-order valence-corrected chi connectivity index (χ3v) is 3.14. The number of carbonyl (C=O) groups excluding carboxylic acids is 1. The molecule has 1 fully saturated rings. The predicted molar refractivity (Wildman–Crippen MR) is 53.2 cm³/mol. The molecule has 0 heterocycles. The van der Waals surface area contributed by atoms with E-state index in [1.807, 2.05) is 0 Å². The first-order valence-electron chi connectivity index (χ1n) is 5.06. The van der Waals surface area contributed by atoms with Crippen molar-refractivity contribution < 1.29 is 4.79 Å². The number of nitrogens with one attached hydrogen (secondary N) is 1. The van der Waals surface area contributed by atoms with E-state index >= 15 is 0 Å². The highest BCUT2D eigenvalue weighted by Crippen LogP contribution is 2.51. The van der Waals surface area contributed by atoms with Gasteiger partial charge in [0.1, 0.15) is 0 Å². The quantitative estimate of drug-likeness (QED) is 0.602. The van der Waals surface area contributed by atoms with Crippen LogP contribution < -0.4 is 11.1 Å². The third kappa shape index (κ3) is 2.99. The molecular formula is C10H20N2O. The molecule has 0 aromatic heterocycles. The highest BCUT2D eigenvalue weighted by molar-refractivity contribution is 5.73. The molecule has 1 aliphatic carbocycles. The van der Waals surface area contributed by atoms with Crippen LogP contribution in [0.1, 0.15) is 33.1 Å². The average Bonchev–Trinajstić information content (AvgIpc) is 2.78. The van der Waals surface area contributed by atoms with Crippen LogP contribution in [0, 0.1) is 11.3 Å². The number of rotatable bonds is 6. The molecule has 1 rings (SSSR count). The summed E-state index contributed by atoms with van der Waals surface area (Å²) >= 11 is 0. The van der Waals surface area contributed by atoms with Crippen molar-refractivity contribution in [2.45, 2.75) is 33.1 Å². The van der Waals surface area contributed by atoms with Gasteiger partial charge in [-0.1, -0.05) is 13.8 Å². The molecule has 1 saturated carbocycles. The zero-order valence-electron chi connectivity index (χ0n) is 8.60. The molecule has 76 valence electrons. The van der Waals surface area contributed by atoms with Crippen LogP contribution in [0.5, 0.6) is 0 Å². The Morgan fingerprint density at radius 2 is 2.15 bits per heavy atom. The molecular weight excluding hydrogens is 164 g/mol. The number of hydrogen-bond acceptors (Lipinski definition) is 2. The molecule has 0 bridgehead atoms. The zero-order valence-corrected chi connectivity index (χ0v) is 8.60. The molecule has 0 saturated heterocycles. The van der Waals surface area contributed by atoms with Crippen LogP contribution in [0.25, 0.3) is 0 Å². The number of primary amides is 1. The second-order valence-corrected chi connectivity index (χ2v) is 4.41. The summed E-state index contributed by atoms with van der Waals surface area (Å²) in [6.45, 7) is 6.30. The Bertz CT molecular complexity index is 185. The summed E-state index contributed by atoms with van der Waals surface area (Å²) in [4.78, 5) is 10.5. The lowest BCUT2D eigenvalue weighted by molar-refractivity contribution is -0.117. The number of amides is 1. The Hall–Kier alpha value is -0.570. The van der Waals surface area contributed by atoms with Gasteiger partial charge in [0.05, 0.1) is 0 Å². The minimum Gasteiger partial charge on any atom is -0.370 e. The van der Waals surface area contributed by atoms with Crippen LogP contribution in [0.2, 0.25) is 0 Å². The zero-order chi connectivity index (χ0) is 9.90. The number of nitrogens with two attached hydrogens (primary N) is 1. The van der Waals surface area contributed by atoms with E-state index in [9.17, 15) is 4.79 Å². The van der Waals surface area contributed by atoms with Gasteiger partial charge in [-0.05, 0) is 24.2 Å². The van der Waals surface area contributed by atoms with Gasteiger partial charge in [0.25, 0.3) is 0 Å². The topological polar surface area (TPSA) is 55.1 Å². The van der Waals surface area contributed by atoms with Crippen molar-refractivity contribution in [2.75, 3.05) is 13.1 Å². The largest absolute Gasteiger partial charge is 0.370 e. The minimum atomic E-state index is -0.220. The molecule has 3 nitrogen and oxygen atoms in total. The summed E-state index contributed by atoms with van der Waals surface area (Å²) < 4.78 is 0. The Balaban J connectivity index is 2.09. The van der Waals surface area contributed by atoms with Gasteiger partial charge in [-0.25, -0.2) is 0 Å². The van der Waals surface area contributed by atoms with Crippen molar-refractivity contribution in [3.05, 3.63) is 0 Å². The minimum absolute atomic E-state index is 0.220. The maximum absolute atomic E-state index is 10.5. The van der Waals surface area contributed by atoms with Crippen molar-refractivity contribution in [3.8, 4) is 0 Å². The lowest BCUT2D eigenvalue weighted by Crippen LogP contribution is -2.30. The van der Waals surface area contributed by atoms with Crippen molar-refractivity contribution >= 4 is 5.91 Å². The van der Waals surface area contributed by atoms with Crippen LogP contribution in [0.15, 0.2) is 0 Å². The van der Waals surface area contributed by atoms with Crippen LogP contribution in [-0.4, -0.2) is 19.0 Å². The van der Waals surface area contributed by atoms with E-state index in [2.05, 4.69) is 19.2 Å². The fourth-order valence-corrected chi connectivity index (χ4v) is 1.67. The maximum Gasteiger partial charge on any atom is 0.218 e. The highest BCUT2D eigenvalue weighted by atomic mass is 16.1. The fourth-order valence-electron chi connectivity index (χ4n) is 1.67. The molecule has 3 N–H and O–H groups in total. The van der Waals surface area contributed by atoms with Crippen molar-refractivity contribution in [2.24, 2.45) is 17.1 Å². The van der Waals surface area contributed by atoms with Crippen molar-refractivity contribution in [1.29, 1.82) is 0 Å². The summed E-state index contributed by atoms with van der Waals surface area (Å²) in [5.41, 5.74) is 5.56. The first-order chi connectivity index (χ1) is 6.07. The molecule has 0 aliphatic heterocycles. The summed E-state index contributed by atoms with van der Waals surface area (Å²) in [5, 5.41) is 3.30. The van der Waals surface area contributed by atoms with Gasteiger partial charge in [-0.3, -0.25) is 4.79 Å². The normalized spacial score (nSPS) is 19.0. The molecule has 13 heavy (non-hydrogen) atoms. The van der Waals surface area contributed by atoms with Gasteiger partial charge < -0.3 is 11.1 Å². The van der Waals surface area contributed by atoms with Gasteiger partial charge in [0.2, 0.25) is 5.91 Å². The number of hydrogen-bond donors (Lipinski definition) is 2. The SMILES string of the molecule is CC(C)C1(CNCCC(N)=O)CC1. The summed E-state index contributed by atoms with van der Waals surface area (Å²) in [6.07, 6.45) is 3.11. The van der Waals surface area contributed by atoms with E-state index in [-0.39, 0.29) is 5.91 Å². The van der Waals surface area contributed by atoms with E-state index in [1.165, 1.54) is 12.8 Å². The van der Waals surface area contributed by atoms with E-state index in [0.717, 1.165) is 19.0 Å². The molecule has 0 spiro atoms. The molecule has 1 amide bonds. The summed E-state index contributed by atoms with van der Waals surface area (Å²) in [7, 11) is 0. The molecule has 1 aliphatic rings. The molecule has 3 heteroatoms. The first kappa shape index (κ1) is 10.5. The van der Waals surface area contributed by atoms with E-state index in [4.69, 9.17) is 5.73 Å². The standard InChI is InChI=1S/C10H20N2O/c1-8(2)10(4-5-10)7-12-6-3-9(11)13/h8,12H,3-7H2,1-2H3,(H2,11,13). The second kappa shape index (κ2) is 4.09. The molecule has 0 aromatic rings. The highest BCUT2D eigenvalue weighted by Gasteiger charge is 2.44. The number of carbonyl (C=O) groups is 1. The van der Waals surface area contributed by atoms with Crippen LogP contribution in [0.3, 0.4) is 0 Å². The average molecular weight is 184 g/mol. The summed E-state index contributed by atoms with van der Waals surface area (Å²) in [6, 6.07) is 0. The molecule has 0 radical (unpaired) electrons. The van der Waals surface area contributed by atoms with Gasteiger partial charge in [-0.15, -0.1) is 0 Å². The maximum atomic E-state index is 10.5. The van der Waals surface area contributed by atoms with Gasteiger partial charge in [0, 0.05) is 19.5 Å². The summed E-state index contributed by atoms with van der Waals surface area (Å²) in [5.74, 6) is 0.524. The third-order valence-electron chi connectivity index (χ3n) is 3.14. The molecule has 0 aromatic carbocycles. The molecule has 0 unspecified atom stereocenters. The smallest absolute Gasteiger partial charge is 0.218 e. The van der Waals surface area contributed by atoms with Gasteiger partial charge in [-0.2, -0.15) is 0 Å². The van der Waals surface area contributed by atoms with E-state index < -0.39 is 0 Å². The Labute approximate surface area is 80.1 Å².